The molecule has 0 bridgehead atoms. The summed E-state index contributed by atoms with van der Waals surface area (Å²) < 4.78 is 6.90. The van der Waals surface area contributed by atoms with Crippen LogP contribution in [-0.4, -0.2) is 11.6 Å². The summed E-state index contributed by atoms with van der Waals surface area (Å²) >= 11 is 0. The Labute approximate surface area is 42.9 Å². The molecule has 0 saturated heterocycles. The first-order chi connectivity index (χ1) is 3.70. The molecule has 1 unspecified atom stereocenters. The van der Waals surface area contributed by atoms with Crippen molar-refractivity contribution in [3.63, 3.8) is 0 Å². The zero-order valence-electron chi connectivity index (χ0n) is 4.81. The van der Waals surface area contributed by atoms with Crippen LogP contribution in [0.25, 0.3) is 0 Å². The summed E-state index contributed by atoms with van der Waals surface area (Å²) in [4.78, 5) is 20.7. The van der Waals surface area contributed by atoms with Crippen LogP contribution in [0, 0.1) is 0 Å². The quantitative estimate of drug-likeness (QED) is 0.410. The summed E-state index contributed by atoms with van der Waals surface area (Å²) in [5.74, 6) is -0.315. The number of ketones is 2. The maximum atomic E-state index is 10.4. The number of Topliss-reactive ketones (excluding diaryl/α,β-unsaturated/α-hetero) is 2. The fraction of sp³-hybridized carbons (Fsp3) is 0.600. The Morgan fingerprint density at radius 3 is 2.29 bits per heavy atom. The fourth-order valence-corrected chi connectivity index (χ4v) is 0.566. The number of carbonyl (C=O) groups excluding carboxylic acids is 2. The molecular formula is C5H6O2. The van der Waals surface area contributed by atoms with Gasteiger partial charge in [-0.3, -0.25) is 9.59 Å². The summed E-state index contributed by atoms with van der Waals surface area (Å²) in [6.07, 6.45) is -0.616. The van der Waals surface area contributed by atoms with E-state index in [4.69, 9.17) is 1.37 Å². The summed E-state index contributed by atoms with van der Waals surface area (Å²) in [6.45, 7) is 0. The molecule has 0 amide bonds. The maximum absolute atomic E-state index is 10.4. The van der Waals surface area contributed by atoms with Gasteiger partial charge in [0.25, 0.3) is 0 Å². The molecule has 1 rings (SSSR count). The molecular weight excluding hydrogens is 92.1 g/mol. The standard InChI is InChI=1S/C5H6O2/c6-4-1-2-5(7)3-4/h1-3H2/i1T. The first-order valence-electron chi connectivity index (χ1n) is 2.74. The fourth-order valence-electron chi connectivity index (χ4n) is 0.566. The van der Waals surface area contributed by atoms with Crippen LogP contribution in [-0.2, 0) is 9.59 Å². The third-order valence-corrected chi connectivity index (χ3v) is 0.929. The second-order valence-corrected chi connectivity index (χ2v) is 1.59. The molecule has 38 valence electrons. The van der Waals surface area contributed by atoms with Gasteiger partial charge in [-0.15, -0.1) is 0 Å². The molecule has 1 atom stereocenters. The highest BCUT2D eigenvalue weighted by Crippen LogP contribution is 2.07. The number of carbonyl (C=O) groups is 2. The van der Waals surface area contributed by atoms with Gasteiger partial charge in [0, 0.05) is 14.2 Å². The van der Waals surface area contributed by atoms with Crippen LogP contribution in [0.1, 0.15) is 20.6 Å². The van der Waals surface area contributed by atoms with Crippen molar-refractivity contribution in [3.05, 3.63) is 0 Å². The van der Waals surface area contributed by atoms with Gasteiger partial charge in [-0.05, 0) is 0 Å². The molecule has 0 aromatic heterocycles. The average Bonchev–Trinajstić information content (AvgIpc) is 1.85. The van der Waals surface area contributed by atoms with Crippen molar-refractivity contribution in [3.8, 4) is 0 Å². The molecule has 2 heteroatoms. The molecule has 0 heterocycles. The van der Waals surface area contributed by atoms with Crippen molar-refractivity contribution in [2.45, 2.75) is 19.2 Å². The largest absolute Gasteiger partial charge is 0.299 e. The van der Waals surface area contributed by atoms with E-state index in [2.05, 4.69) is 0 Å². The van der Waals surface area contributed by atoms with Crippen LogP contribution < -0.4 is 0 Å². The molecule has 0 radical (unpaired) electrons. The summed E-state index contributed by atoms with van der Waals surface area (Å²) in [6, 6.07) is 0. The first-order valence-corrected chi connectivity index (χ1v) is 2.17. The van der Waals surface area contributed by atoms with Crippen molar-refractivity contribution in [1.82, 2.24) is 0 Å². The second kappa shape index (κ2) is 1.45. The van der Waals surface area contributed by atoms with Gasteiger partial charge in [0.05, 0.1) is 6.42 Å². The predicted molar refractivity (Wildman–Crippen MR) is 23.9 cm³/mol. The van der Waals surface area contributed by atoms with Crippen LogP contribution >= 0.6 is 0 Å². The zero-order chi connectivity index (χ0) is 6.15. The van der Waals surface area contributed by atoms with Crippen molar-refractivity contribution in [2.75, 3.05) is 0 Å². The minimum atomic E-state index is -0.748. The van der Waals surface area contributed by atoms with Gasteiger partial charge in [0.1, 0.15) is 11.6 Å². The molecule has 0 N–H and O–H groups in total. The van der Waals surface area contributed by atoms with Gasteiger partial charge < -0.3 is 0 Å². The van der Waals surface area contributed by atoms with Crippen molar-refractivity contribution in [1.29, 1.82) is 0 Å². The van der Waals surface area contributed by atoms with E-state index in [1.165, 1.54) is 0 Å². The average molecular weight is 100 g/mol. The van der Waals surface area contributed by atoms with E-state index in [1.54, 1.807) is 0 Å². The lowest BCUT2D eigenvalue weighted by molar-refractivity contribution is -0.121. The van der Waals surface area contributed by atoms with Gasteiger partial charge in [-0.25, -0.2) is 0 Å². The van der Waals surface area contributed by atoms with Gasteiger partial charge in [0.15, 0.2) is 0 Å². The van der Waals surface area contributed by atoms with Crippen LogP contribution in [0.4, 0.5) is 0 Å². The van der Waals surface area contributed by atoms with Crippen molar-refractivity contribution < 1.29 is 11.0 Å². The Morgan fingerprint density at radius 2 is 2.14 bits per heavy atom. The molecule has 0 aromatic carbocycles. The monoisotopic (exact) mass is 100 g/mol. The molecule has 0 aromatic rings. The van der Waals surface area contributed by atoms with E-state index in [0.717, 1.165) is 0 Å². The van der Waals surface area contributed by atoms with Gasteiger partial charge in [0.2, 0.25) is 0 Å². The van der Waals surface area contributed by atoms with Crippen molar-refractivity contribution in [2.24, 2.45) is 0 Å². The highest BCUT2D eigenvalue weighted by Gasteiger charge is 2.17. The third kappa shape index (κ3) is 0.856. The Morgan fingerprint density at radius 1 is 1.43 bits per heavy atom. The van der Waals surface area contributed by atoms with E-state index in [-0.39, 0.29) is 24.4 Å². The minimum absolute atomic E-state index is 0.00579. The molecule has 0 spiro atoms. The predicted octanol–water partition coefficient (Wildman–Crippen LogP) is 0.308. The SMILES string of the molecule is [3H]C1CC(=O)CC1=O. The lowest BCUT2D eigenvalue weighted by atomic mass is 10.3. The van der Waals surface area contributed by atoms with E-state index >= 15 is 0 Å². The van der Waals surface area contributed by atoms with Crippen LogP contribution in [0.3, 0.4) is 0 Å². The normalized spacial score (nSPS) is 33.7. The second-order valence-electron chi connectivity index (χ2n) is 1.59. The van der Waals surface area contributed by atoms with Crippen LogP contribution in [0.2, 0.25) is 0 Å². The molecule has 1 saturated carbocycles. The molecule has 0 aliphatic heterocycles. The minimum Gasteiger partial charge on any atom is -0.299 e. The Bertz CT molecular complexity index is 141. The number of hydrogen-bond acceptors (Lipinski definition) is 2. The van der Waals surface area contributed by atoms with E-state index in [9.17, 15) is 9.59 Å². The van der Waals surface area contributed by atoms with E-state index in [0.29, 0.717) is 0 Å². The lowest BCUT2D eigenvalue weighted by Gasteiger charge is -1.71. The zero-order valence-corrected chi connectivity index (χ0v) is 3.81. The lowest BCUT2D eigenvalue weighted by Crippen LogP contribution is -1.88. The van der Waals surface area contributed by atoms with E-state index < -0.39 is 6.40 Å². The Hall–Kier alpha value is -0.660. The summed E-state index contributed by atoms with van der Waals surface area (Å²) in [7, 11) is 0. The third-order valence-electron chi connectivity index (χ3n) is 0.929. The first kappa shape index (κ1) is 3.36. The Kier molecular flexibility index (Phi) is 0.693. The highest BCUT2D eigenvalue weighted by molar-refractivity contribution is 6.05. The topological polar surface area (TPSA) is 34.1 Å². The van der Waals surface area contributed by atoms with Gasteiger partial charge >= 0.3 is 0 Å². The van der Waals surface area contributed by atoms with Crippen LogP contribution in [0.15, 0.2) is 0 Å². The molecule has 7 heavy (non-hydrogen) atoms. The van der Waals surface area contributed by atoms with Crippen molar-refractivity contribution >= 4 is 11.6 Å². The van der Waals surface area contributed by atoms with Gasteiger partial charge in [-0.1, -0.05) is 0 Å². The molecule has 1 aliphatic rings. The number of rotatable bonds is 0. The smallest absolute Gasteiger partial charge is 0.140 e. The highest BCUT2D eigenvalue weighted by atomic mass is 16.2. The van der Waals surface area contributed by atoms with Gasteiger partial charge in [-0.2, -0.15) is 0 Å². The van der Waals surface area contributed by atoms with E-state index in [1.807, 2.05) is 0 Å². The molecule has 1 aliphatic carbocycles. The summed E-state index contributed by atoms with van der Waals surface area (Å²) in [5, 5.41) is 0. The Balaban J connectivity index is 2.64. The maximum Gasteiger partial charge on any atom is 0.140 e. The molecule has 1 fully saturated rings. The number of hydrogen-bond donors (Lipinski definition) is 0. The van der Waals surface area contributed by atoms with Crippen LogP contribution in [0.5, 0.6) is 0 Å². The molecule has 2 nitrogen and oxygen atoms in total. The summed E-state index contributed by atoms with van der Waals surface area (Å²) in [5.41, 5.74) is 0.